The first-order valence-corrected chi connectivity index (χ1v) is 4.77. The zero-order chi connectivity index (χ0) is 11.0. The van der Waals surface area contributed by atoms with E-state index in [-0.39, 0.29) is 5.95 Å². The van der Waals surface area contributed by atoms with E-state index in [2.05, 4.69) is 15.2 Å². The number of anilines is 1. The molecule has 0 aliphatic heterocycles. The molecule has 0 fully saturated rings. The minimum atomic E-state index is 0.137. The van der Waals surface area contributed by atoms with Crippen LogP contribution in [0.1, 0.15) is 0 Å². The summed E-state index contributed by atoms with van der Waals surface area (Å²) in [5.74, 6) is 0.778. The number of nitrogens with zero attached hydrogens (tertiary/aromatic N) is 3. The molecule has 0 spiro atoms. The van der Waals surface area contributed by atoms with Gasteiger partial charge in [0.1, 0.15) is 11.3 Å². The van der Waals surface area contributed by atoms with Gasteiger partial charge in [-0.25, -0.2) is 4.98 Å². The zero-order valence-corrected chi connectivity index (χ0v) is 8.29. The van der Waals surface area contributed by atoms with Gasteiger partial charge in [0, 0.05) is 5.39 Å². The molecule has 78 valence electrons. The monoisotopic (exact) mass is 212 g/mol. The summed E-state index contributed by atoms with van der Waals surface area (Å²) in [4.78, 5) is 4.05. The van der Waals surface area contributed by atoms with Crippen LogP contribution in [0.25, 0.3) is 22.4 Å². The molecule has 2 aromatic heterocycles. The molecule has 1 aromatic carbocycles. The van der Waals surface area contributed by atoms with E-state index in [9.17, 15) is 0 Å². The number of benzene rings is 1. The van der Waals surface area contributed by atoms with Crippen molar-refractivity contribution in [2.75, 3.05) is 5.73 Å². The van der Waals surface area contributed by atoms with Gasteiger partial charge in [-0.15, -0.1) is 5.10 Å². The van der Waals surface area contributed by atoms with E-state index >= 15 is 0 Å². The highest BCUT2D eigenvalue weighted by atomic mass is 16.3. The summed E-state index contributed by atoms with van der Waals surface area (Å²) in [5, 5.41) is 8.35. The Hall–Kier alpha value is -2.43. The van der Waals surface area contributed by atoms with E-state index in [0.717, 1.165) is 11.0 Å². The smallest absolute Gasteiger partial charge is 0.240 e. The van der Waals surface area contributed by atoms with E-state index in [4.69, 9.17) is 10.2 Å². The molecule has 0 radical (unpaired) electrons. The van der Waals surface area contributed by atoms with Gasteiger partial charge < -0.3 is 10.2 Å². The summed E-state index contributed by atoms with van der Waals surface area (Å²) in [5.41, 5.74) is 6.87. The summed E-state index contributed by atoms with van der Waals surface area (Å²) in [7, 11) is 0. The quantitative estimate of drug-likeness (QED) is 0.666. The Kier molecular flexibility index (Phi) is 1.83. The van der Waals surface area contributed by atoms with Crippen molar-refractivity contribution in [3.8, 4) is 11.5 Å². The first-order valence-electron chi connectivity index (χ1n) is 4.77. The molecule has 16 heavy (non-hydrogen) atoms. The third kappa shape index (κ3) is 1.38. The second-order valence-electron chi connectivity index (χ2n) is 3.35. The normalized spacial score (nSPS) is 10.8. The molecule has 3 aromatic rings. The van der Waals surface area contributed by atoms with Crippen LogP contribution in [0, 0.1) is 0 Å². The van der Waals surface area contributed by atoms with Gasteiger partial charge in [-0.05, 0) is 12.1 Å². The van der Waals surface area contributed by atoms with Crippen molar-refractivity contribution in [2.45, 2.75) is 0 Å². The lowest BCUT2D eigenvalue weighted by Gasteiger charge is -1.94. The van der Waals surface area contributed by atoms with Crippen LogP contribution in [-0.2, 0) is 0 Å². The van der Waals surface area contributed by atoms with Crippen molar-refractivity contribution in [3.63, 3.8) is 0 Å². The lowest BCUT2D eigenvalue weighted by molar-refractivity contribution is 0.627. The van der Waals surface area contributed by atoms with Gasteiger partial charge in [0.25, 0.3) is 0 Å². The number of hydrogen-bond donors (Lipinski definition) is 1. The number of nitrogen functional groups attached to an aromatic ring is 1. The van der Waals surface area contributed by atoms with Crippen LogP contribution in [-0.4, -0.2) is 15.2 Å². The average molecular weight is 212 g/mol. The van der Waals surface area contributed by atoms with Crippen molar-refractivity contribution < 1.29 is 4.42 Å². The van der Waals surface area contributed by atoms with E-state index < -0.39 is 0 Å². The van der Waals surface area contributed by atoms with E-state index in [1.165, 1.54) is 6.20 Å². The van der Waals surface area contributed by atoms with Gasteiger partial charge in [0.15, 0.2) is 5.76 Å². The number of furan rings is 1. The average Bonchev–Trinajstić information content (AvgIpc) is 2.72. The predicted molar refractivity (Wildman–Crippen MR) is 59.4 cm³/mol. The van der Waals surface area contributed by atoms with Gasteiger partial charge >= 0.3 is 0 Å². The number of rotatable bonds is 1. The molecule has 0 aliphatic rings. The Morgan fingerprint density at radius 3 is 2.88 bits per heavy atom. The van der Waals surface area contributed by atoms with Crippen LogP contribution in [0.4, 0.5) is 5.95 Å². The van der Waals surface area contributed by atoms with Gasteiger partial charge in [-0.1, -0.05) is 18.2 Å². The molecule has 0 saturated heterocycles. The Labute approximate surface area is 90.9 Å². The van der Waals surface area contributed by atoms with Crippen molar-refractivity contribution in [2.24, 2.45) is 0 Å². The second kappa shape index (κ2) is 3.30. The molecule has 5 heteroatoms. The molecule has 3 rings (SSSR count). The zero-order valence-electron chi connectivity index (χ0n) is 8.29. The van der Waals surface area contributed by atoms with Gasteiger partial charge in [-0.3, -0.25) is 0 Å². The standard InChI is InChI=1S/C11H8N4O/c12-11-14-8(6-13-15-11)10-5-7-3-1-2-4-9(7)16-10/h1-6H,(H2,12,14,15). The second-order valence-corrected chi connectivity index (χ2v) is 3.35. The minimum Gasteiger partial charge on any atom is -0.454 e. The first-order chi connectivity index (χ1) is 7.83. The fourth-order valence-electron chi connectivity index (χ4n) is 1.54. The molecule has 2 heterocycles. The van der Waals surface area contributed by atoms with Crippen LogP contribution < -0.4 is 5.73 Å². The molecule has 5 nitrogen and oxygen atoms in total. The number of aromatic nitrogens is 3. The van der Waals surface area contributed by atoms with Gasteiger partial charge in [0.05, 0.1) is 6.20 Å². The van der Waals surface area contributed by atoms with Crippen molar-refractivity contribution >= 4 is 16.9 Å². The lowest BCUT2D eigenvalue weighted by Crippen LogP contribution is -1.97. The summed E-state index contributed by atoms with van der Waals surface area (Å²) >= 11 is 0. The van der Waals surface area contributed by atoms with Crippen LogP contribution in [0.3, 0.4) is 0 Å². The summed E-state index contributed by atoms with van der Waals surface area (Å²) < 4.78 is 5.62. The van der Waals surface area contributed by atoms with E-state index in [0.29, 0.717) is 11.5 Å². The Morgan fingerprint density at radius 2 is 2.06 bits per heavy atom. The Morgan fingerprint density at radius 1 is 1.19 bits per heavy atom. The highest BCUT2D eigenvalue weighted by molar-refractivity contribution is 5.81. The molecular formula is C11H8N4O. The molecule has 0 bridgehead atoms. The maximum Gasteiger partial charge on any atom is 0.240 e. The fraction of sp³-hybridized carbons (Fsp3) is 0. The third-order valence-electron chi connectivity index (χ3n) is 2.25. The molecule has 0 atom stereocenters. The van der Waals surface area contributed by atoms with Crippen LogP contribution in [0.5, 0.6) is 0 Å². The van der Waals surface area contributed by atoms with Crippen molar-refractivity contribution in [1.29, 1.82) is 0 Å². The molecule has 0 saturated carbocycles. The molecular weight excluding hydrogens is 204 g/mol. The first kappa shape index (κ1) is 8.84. The van der Waals surface area contributed by atoms with Crippen LogP contribution in [0.2, 0.25) is 0 Å². The van der Waals surface area contributed by atoms with E-state index in [1.54, 1.807) is 0 Å². The largest absolute Gasteiger partial charge is 0.454 e. The number of nitrogens with two attached hydrogens (primary N) is 1. The lowest BCUT2D eigenvalue weighted by atomic mass is 10.2. The summed E-state index contributed by atoms with van der Waals surface area (Å²) in [6.07, 6.45) is 1.52. The molecule has 0 amide bonds. The maximum absolute atomic E-state index is 5.62. The minimum absolute atomic E-state index is 0.137. The highest BCUT2D eigenvalue weighted by Gasteiger charge is 2.07. The predicted octanol–water partition coefficient (Wildman–Crippen LogP) is 1.87. The maximum atomic E-state index is 5.62. The van der Waals surface area contributed by atoms with Crippen LogP contribution in [0.15, 0.2) is 40.9 Å². The molecule has 0 aliphatic carbocycles. The topological polar surface area (TPSA) is 77.8 Å². The number of para-hydroxylation sites is 1. The highest BCUT2D eigenvalue weighted by Crippen LogP contribution is 2.25. The molecule has 0 unspecified atom stereocenters. The summed E-state index contributed by atoms with van der Waals surface area (Å²) in [6, 6.07) is 9.65. The molecule has 2 N–H and O–H groups in total. The number of hydrogen-bond acceptors (Lipinski definition) is 5. The van der Waals surface area contributed by atoms with Gasteiger partial charge in [-0.2, -0.15) is 5.10 Å². The number of fused-ring (bicyclic) bond motifs is 1. The fourth-order valence-corrected chi connectivity index (χ4v) is 1.54. The van der Waals surface area contributed by atoms with Crippen molar-refractivity contribution in [1.82, 2.24) is 15.2 Å². The van der Waals surface area contributed by atoms with Gasteiger partial charge in [0.2, 0.25) is 5.95 Å². The van der Waals surface area contributed by atoms with Crippen molar-refractivity contribution in [3.05, 3.63) is 36.5 Å². The van der Waals surface area contributed by atoms with E-state index in [1.807, 2.05) is 30.3 Å². The summed E-state index contributed by atoms with van der Waals surface area (Å²) in [6.45, 7) is 0. The van der Waals surface area contributed by atoms with Crippen LogP contribution >= 0.6 is 0 Å². The SMILES string of the molecule is Nc1nncc(-c2cc3ccccc3o2)n1. The Balaban J connectivity index is 2.19. The third-order valence-corrected chi connectivity index (χ3v) is 2.25. The Bertz CT molecular complexity index is 614.